The minimum Gasteiger partial charge on any atom is -0.242 e. The highest BCUT2D eigenvalue weighted by atomic mass is 32.1. The van der Waals surface area contributed by atoms with Gasteiger partial charge >= 0.3 is 0 Å². The van der Waals surface area contributed by atoms with Crippen molar-refractivity contribution in [3.05, 3.63) is 28.5 Å². The van der Waals surface area contributed by atoms with Crippen LogP contribution in [0.1, 0.15) is 0 Å². The standard InChI is InChI=1S/C9H4N3S3/c1-3-13-7(10-1)6-5-15-9(12-6)8-11-2-4-14-8/h2-5H. The molecule has 3 rings (SSSR count). The second-order valence-electron chi connectivity index (χ2n) is 2.66. The Morgan fingerprint density at radius 3 is 2.80 bits per heavy atom. The number of thiazole rings is 3. The molecule has 0 fully saturated rings. The summed E-state index contributed by atoms with van der Waals surface area (Å²) >= 11 is 4.74. The second-order valence-corrected chi connectivity index (χ2v) is 5.27. The van der Waals surface area contributed by atoms with E-state index in [1.54, 1.807) is 40.2 Å². The van der Waals surface area contributed by atoms with Crippen LogP contribution in [0.25, 0.3) is 20.7 Å². The zero-order chi connectivity index (χ0) is 10.1. The lowest BCUT2D eigenvalue weighted by Gasteiger charge is -1.86. The molecule has 15 heavy (non-hydrogen) atoms. The van der Waals surface area contributed by atoms with E-state index in [2.05, 4.69) is 21.1 Å². The molecule has 6 heteroatoms. The lowest BCUT2D eigenvalue weighted by atomic mass is 10.5. The molecule has 0 amide bonds. The summed E-state index contributed by atoms with van der Waals surface area (Å²) < 4.78 is 0. The van der Waals surface area contributed by atoms with Crippen LogP contribution in [0.15, 0.2) is 22.3 Å². The smallest absolute Gasteiger partial charge is 0.152 e. The molecule has 3 heterocycles. The fourth-order valence-electron chi connectivity index (χ4n) is 1.11. The zero-order valence-corrected chi connectivity index (χ0v) is 9.83. The number of hydrogen-bond acceptors (Lipinski definition) is 6. The van der Waals surface area contributed by atoms with Crippen molar-refractivity contribution in [2.75, 3.05) is 0 Å². The van der Waals surface area contributed by atoms with Gasteiger partial charge in [-0.25, -0.2) is 15.0 Å². The number of aromatic nitrogens is 3. The van der Waals surface area contributed by atoms with E-state index in [-0.39, 0.29) is 0 Å². The maximum atomic E-state index is 4.49. The number of nitrogens with zero attached hydrogens (tertiary/aromatic N) is 3. The van der Waals surface area contributed by atoms with Crippen LogP contribution in [0.2, 0.25) is 0 Å². The highest BCUT2D eigenvalue weighted by molar-refractivity contribution is 7.20. The molecule has 0 aliphatic heterocycles. The second kappa shape index (κ2) is 3.80. The van der Waals surface area contributed by atoms with E-state index in [0.717, 1.165) is 20.7 Å². The molecule has 0 unspecified atom stereocenters. The van der Waals surface area contributed by atoms with Gasteiger partial charge in [0, 0.05) is 22.3 Å². The average molecular weight is 250 g/mol. The molecular formula is C9H4N3S3. The number of hydrogen-bond donors (Lipinski definition) is 0. The maximum absolute atomic E-state index is 4.49. The summed E-state index contributed by atoms with van der Waals surface area (Å²) in [7, 11) is 0. The topological polar surface area (TPSA) is 38.7 Å². The summed E-state index contributed by atoms with van der Waals surface area (Å²) in [5.74, 6) is 0. The van der Waals surface area contributed by atoms with Crippen molar-refractivity contribution in [1.82, 2.24) is 15.0 Å². The molecule has 3 nitrogen and oxygen atoms in total. The summed E-state index contributed by atoms with van der Waals surface area (Å²) in [4.78, 5) is 12.8. The van der Waals surface area contributed by atoms with Crippen LogP contribution >= 0.6 is 34.0 Å². The predicted octanol–water partition coefficient (Wildman–Crippen LogP) is 3.19. The minimum atomic E-state index is 0.911. The van der Waals surface area contributed by atoms with E-state index < -0.39 is 0 Å². The van der Waals surface area contributed by atoms with Gasteiger partial charge in [0.25, 0.3) is 0 Å². The summed E-state index contributed by atoms with van der Waals surface area (Å²) in [6.07, 6.45) is 4.58. The van der Waals surface area contributed by atoms with Crippen LogP contribution in [-0.4, -0.2) is 15.0 Å². The van der Waals surface area contributed by atoms with Crippen molar-refractivity contribution >= 4 is 34.0 Å². The molecule has 0 aromatic carbocycles. The largest absolute Gasteiger partial charge is 0.242 e. The van der Waals surface area contributed by atoms with E-state index in [4.69, 9.17) is 0 Å². The van der Waals surface area contributed by atoms with Crippen molar-refractivity contribution in [3.8, 4) is 20.7 Å². The molecule has 1 radical (unpaired) electrons. The molecule has 0 N–H and O–H groups in total. The predicted molar refractivity (Wildman–Crippen MR) is 63.2 cm³/mol. The fraction of sp³-hybridized carbons (Fsp3) is 0. The summed E-state index contributed by atoms with van der Waals surface area (Å²) in [6.45, 7) is 0. The van der Waals surface area contributed by atoms with Gasteiger partial charge in [0.2, 0.25) is 0 Å². The normalized spacial score (nSPS) is 10.7. The van der Waals surface area contributed by atoms with Crippen molar-refractivity contribution in [2.45, 2.75) is 0 Å². The van der Waals surface area contributed by atoms with Gasteiger partial charge < -0.3 is 0 Å². The molecule has 0 bridgehead atoms. The van der Waals surface area contributed by atoms with Gasteiger partial charge in [-0.05, 0) is 0 Å². The quantitative estimate of drug-likeness (QED) is 0.701. The SMILES string of the molecule is [c]1csc(-c2csc(-c3nccs3)n2)n1. The Hall–Kier alpha value is -1.11. The molecule has 0 aliphatic rings. The first-order valence-electron chi connectivity index (χ1n) is 4.11. The molecule has 0 saturated heterocycles. The molecular weight excluding hydrogens is 246 g/mol. The lowest BCUT2D eigenvalue weighted by Crippen LogP contribution is -1.76. The highest BCUT2D eigenvalue weighted by Gasteiger charge is 2.09. The molecule has 0 aliphatic carbocycles. The van der Waals surface area contributed by atoms with E-state index in [1.807, 2.05) is 16.1 Å². The molecule has 3 aromatic rings. The van der Waals surface area contributed by atoms with Crippen LogP contribution in [0.3, 0.4) is 0 Å². The van der Waals surface area contributed by atoms with Crippen LogP contribution in [0.5, 0.6) is 0 Å². The molecule has 0 atom stereocenters. The van der Waals surface area contributed by atoms with Gasteiger partial charge in [-0.2, -0.15) is 0 Å². The first-order chi connectivity index (χ1) is 7.43. The van der Waals surface area contributed by atoms with Crippen LogP contribution < -0.4 is 0 Å². The third-order valence-electron chi connectivity index (χ3n) is 1.73. The molecule has 0 spiro atoms. The van der Waals surface area contributed by atoms with E-state index >= 15 is 0 Å². The Morgan fingerprint density at radius 2 is 2.07 bits per heavy atom. The first-order valence-corrected chi connectivity index (χ1v) is 6.75. The van der Waals surface area contributed by atoms with Crippen molar-refractivity contribution in [1.29, 1.82) is 0 Å². The highest BCUT2D eigenvalue weighted by Crippen LogP contribution is 2.30. The van der Waals surface area contributed by atoms with Gasteiger partial charge in [0.05, 0.1) is 0 Å². The molecule has 3 aromatic heterocycles. The monoisotopic (exact) mass is 250 g/mol. The van der Waals surface area contributed by atoms with Crippen LogP contribution in [0.4, 0.5) is 0 Å². The van der Waals surface area contributed by atoms with Gasteiger partial charge in [-0.15, -0.1) is 34.0 Å². The Kier molecular flexibility index (Phi) is 2.32. The summed E-state index contributed by atoms with van der Waals surface area (Å²) in [6, 6.07) is 0. The summed E-state index contributed by atoms with van der Waals surface area (Å²) in [5.41, 5.74) is 0.913. The van der Waals surface area contributed by atoms with E-state index in [9.17, 15) is 0 Å². The van der Waals surface area contributed by atoms with Crippen LogP contribution in [0, 0.1) is 6.20 Å². The van der Waals surface area contributed by atoms with Gasteiger partial charge in [0.15, 0.2) is 10.0 Å². The van der Waals surface area contributed by atoms with Crippen molar-refractivity contribution in [3.63, 3.8) is 0 Å². The fourth-order valence-corrected chi connectivity index (χ4v) is 3.23. The first kappa shape index (κ1) is 9.14. The van der Waals surface area contributed by atoms with Crippen molar-refractivity contribution < 1.29 is 0 Å². The third kappa shape index (κ3) is 1.71. The Labute approximate surface area is 98.1 Å². The summed E-state index contributed by atoms with van der Waals surface area (Å²) in [5, 5.41) is 8.62. The van der Waals surface area contributed by atoms with E-state index in [1.165, 1.54) is 0 Å². The lowest BCUT2D eigenvalue weighted by molar-refractivity contribution is 1.32. The Balaban J connectivity index is 2.02. The van der Waals surface area contributed by atoms with Gasteiger partial charge in [-0.3, -0.25) is 0 Å². The van der Waals surface area contributed by atoms with Gasteiger partial charge in [-0.1, -0.05) is 0 Å². The van der Waals surface area contributed by atoms with Crippen LogP contribution in [-0.2, 0) is 0 Å². The van der Waals surface area contributed by atoms with E-state index in [0.29, 0.717) is 0 Å². The molecule has 73 valence electrons. The maximum Gasteiger partial charge on any atom is 0.152 e. The van der Waals surface area contributed by atoms with Gasteiger partial charge in [0.1, 0.15) is 16.9 Å². The zero-order valence-electron chi connectivity index (χ0n) is 7.38. The minimum absolute atomic E-state index is 0.911. The van der Waals surface area contributed by atoms with Crippen molar-refractivity contribution in [2.24, 2.45) is 0 Å². The Bertz CT molecular complexity index is 490. The molecule has 0 saturated carbocycles. The average Bonchev–Trinajstić information content (AvgIpc) is 3.02. The number of rotatable bonds is 2. The Morgan fingerprint density at radius 1 is 1.07 bits per heavy atom. The third-order valence-corrected chi connectivity index (χ3v) is 4.23.